The van der Waals surface area contributed by atoms with Gasteiger partial charge < -0.3 is 15.4 Å². The normalized spacial score (nSPS) is 16.6. The second kappa shape index (κ2) is 10.2. The second-order valence-electron chi connectivity index (χ2n) is 6.79. The SMILES string of the molecule is CC(C)C(NC(=O)c1ccccc1Cl)C(=O)NCCS(=O)(=O)N1CCOCC1. The van der Waals surface area contributed by atoms with Gasteiger partial charge in [-0.1, -0.05) is 37.6 Å². The minimum atomic E-state index is -3.46. The number of hydrogen-bond acceptors (Lipinski definition) is 5. The molecule has 1 aromatic rings. The van der Waals surface area contributed by atoms with Crippen LogP contribution in [0.15, 0.2) is 24.3 Å². The van der Waals surface area contributed by atoms with Gasteiger partial charge in [0.05, 0.1) is 29.6 Å². The molecule has 0 aliphatic carbocycles. The number of halogens is 1. The van der Waals surface area contributed by atoms with E-state index in [2.05, 4.69) is 10.6 Å². The fourth-order valence-electron chi connectivity index (χ4n) is 2.77. The standard InChI is InChI=1S/C18H26ClN3O5S/c1-13(2)16(21-17(23)14-5-3-4-6-15(14)19)18(24)20-7-12-28(25,26)22-8-10-27-11-9-22/h3-6,13,16H,7-12H2,1-2H3,(H,20,24)(H,21,23). The summed E-state index contributed by atoms with van der Waals surface area (Å²) in [5.41, 5.74) is 0.275. The van der Waals surface area contributed by atoms with Gasteiger partial charge in [0.15, 0.2) is 0 Å². The van der Waals surface area contributed by atoms with E-state index in [1.54, 1.807) is 38.1 Å². The molecule has 0 spiro atoms. The Bertz CT molecular complexity index is 794. The first kappa shape index (κ1) is 22.6. The molecule has 1 unspecified atom stereocenters. The van der Waals surface area contributed by atoms with Gasteiger partial charge in [0.1, 0.15) is 6.04 Å². The lowest BCUT2D eigenvalue weighted by Crippen LogP contribution is -2.51. The van der Waals surface area contributed by atoms with Crippen molar-refractivity contribution in [2.24, 2.45) is 5.92 Å². The van der Waals surface area contributed by atoms with Crippen LogP contribution in [0.2, 0.25) is 5.02 Å². The third-order valence-electron chi connectivity index (χ3n) is 4.38. The zero-order valence-electron chi connectivity index (χ0n) is 16.0. The predicted octanol–water partition coefficient (Wildman–Crippen LogP) is 0.873. The molecule has 28 heavy (non-hydrogen) atoms. The minimum absolute atomic E-state index is 0.0380. The van der Waals surface area contributed by atoms with Crippen LogP contribution < -0.4 is 10.6 Å². The number of carbonyl (C=O) groups is 2. The van der Waals surface area contributed by atoms with E-state index in [1.165, 1.54) is 4.31 Å². The van der Waals surface area contributed by atoms with Crippen molar-refractivity contribution >= 4 is 33.4 Å². The molecule has 1 aliphatic heterocycles. The fraction of sp³-hybridized carbons (Fsp3) is 0.556. The number of nitrogens with zero attached hydrogens (tertiary/aromatic N) is 1. The van der Waals surface area contributed by atoms with Crippen molar-refractivity contribution in [2.45, 2.75) is 19.9 Å². The number of ether oxygens (including phenoxy) is 1. The number of amides is 2. The van der Waals surface area contributed by atoms with Crippen molar-refractivity contribution in [3.63, 3.8) is 0 Å². The summed E-state index contributed by atoms with van der Waals surface area (Å²) >= 11 is 6.03. The molecule has 1 atom stereocenters. The van der Waals surface area contributed by atoms with Crippen LogP contribution in [0.3, 0.4) is 0 Å². The summed E-state index contributed by atoms with van der Waals surface area (Å²) in [6.07, 6.45) is 0. The number of sulfonamides is 1. The van der Waals surface area contributed by atoms with Gasteiger partial charge in [-0.3, -0.25) is 9.59 Å². The zero-order chi connectivity index (χ0) is 20.7. The monoisotopic (exact) mass is 431 g/mol. The van der Waals surface area contributed by atoms with Crippen molar-refractivity contribution in [3.8, 4) is 0 Å². The average molecular weight is 432 g/mol. The van der Waals surface area contributed by atoms with Gasteiger partial charge in [0.2, 0.25) is 15.9 Å². The van der Waals surface area contributed by atoms with Crippen molar-refractivity contribution in [1.82, 2.24) is 14.9 Å². The van der Waals surface area contributed by atoms with E-state index in [9.17, 15) is 18.0 Å². The first-order valence-corrected chi connectivity index (χ1v) is 11.1. The van der Waals surface area contributed by atoms with Crippen LogP contribution in [0, 0.1) is 5.92 Å². The molecule has 1 saturated heterocycles. The van der Waals surface area contributed by atoms with Crippen molar-refractivity contribution in [3.05, 3.63) is 34.9 Å². The molecule has 1 heterocycles. The van der Waals surface area contributed by atoms with E-state index in [4.69, 9.17) is 16.3 Å². The Labute approximate surface area is 170 Å². The Hall–Kier alpha value is -1.68. The van der Waals surface area contributed by atoms with Gasteiger partial charge in [0.25, 0.3) is 5.91 Å². The van der Waals surface area contributed by atoms with Crippen molar-refractivity contribution in [1.29, 1.82) is 0 Å². The summed E-state index contributed by atoms with van der Waals surface area (Å²) in [6.45, 7) is 4.93. The molecule has 1 aliphatic rings. The molecule has 1 fully saturated rings. The van der Waals surface area contributed by atoms with E-state index in [0.29, 0.717) is 31.3 Å². The molecule has 1 aromatic carbocycles. The maximum absolute atomic E-state index is 12.5. The molecule has 0 saturated carbocycles. The summed E-state index contributed by atoms with van der Waals surface area (Å²) in [5, 5.41) is 5.57. The summed E-state index contributed by atoms with van der Waals surface area (Å²) < 4.78 is 31.1. The molecular formula is C18H26ClN3O5S. The summed E-state index contributed by atoms with van der Waals surface area (Å²) in [4.78, 5) is 24.9. The average Bonchev–Trinajstić information content (AvgIpc) is 2.66. The number of nitrogens with one attached hydrogen (secondary N) is 2. The third-order valence-corrected chi connectivity index (χ3v) is 6.58. The fourth-order valence-corrected chi connectivity index (χ4v) is 4.31. The number of benzene rings is 1. The Morgan fingerprint density at radius 2 is 1.86 bits per heavy atom. The highest BCUT2D eigenvalue weighted by molar-refractivity contribution is 7.89. The van der Waals surface area contributed by atoms with Crippen molar-refractivity contribution in [2.75, 3.05) is 38.6 Å². The summed E-state index contributed by atoms with van der Waals surface area (Å²) in [6, 6.07) is 5.75. The van der Waals surface area contributed by atoms with Crippen LogP contribution >= 0.6 is 11.6 Å². The van der Waals surface area contributed by atoms with Crippen LogP contribution in [0.25, 0.3) is 0 Å². The van der Waals surface area contributed by atoms with Crippen LogP contribution in [-0.4, -0.2) is 69.2 Å². The number of carbonyl (C=O) groups excluding carboxylic acids is 2. The quantitative estimate of drug-likeness (QED) is 0.635. The van der Waals surface area contributed by atoms with Crippen LogP contribution in [0.1, 0.15) is 24.2 Å². The maximum atomic E-state index is 12.5. The topological polar surface area (TPSA) is 105 Å². The molecule has 2 N–H and O–H groups in total. The van der Waals surface area contributed by atoms with Crippen molar-refractivity contribution < 1.29 is 22.7 Å². The van der Waals surface area contributed by atoms with Gasteiger partial charge in [-0.2, -0.15) is 4.31 Å². The third kappa shape index (κ3) is 6.16. The van der Waals surface area contributed by atoms with Gasteiger partial charge in [-0.25, -0.2) is 8.42 Å². The van der Waals surface area contributed by atoms with E-state index < -0.39 is 27.9 Å². The van der Waals surface area contributed by atoms with E-state index >= 15 is 0 Å². The molecule has 10 heteroatoms. The maximum Gasteiger partial charge on any atom is 0.253 e. The Morgan fingerprint density at radius 1 is 1.21 bits per heavy atom. The molecule has 0 bridgehead atoms. The summed E-state index contributed by atoms with van der Waals surface area (Å²) in [5.74, 6) is -1.29. The number of rotatable bonds is 8. The van der Waals surface area contributed by atoms with E-state index in [1.807, 2.05) is 0 Å². The second-order valence-corrected chi connectivity index (χ2v) is 9.29. The number of morpholine rings is 1. The van der Waals surface area contributed by atoms with Gasteiger partial charge >= 0.3 is 0 Å². The van der Waals surface area contributed by atoms with Gasteiger partial charge in [-0.05, 0) is 18.1 Å². The van der Waals surface area contributed by atoms with Gasteiger partial charge in [0, 0.05) is 19.6 Å². The molecule has 8 nitrogen and oxygen atoms in total. The minimum Gasteiger partial charge on any atom is -0.379 e. The molecule has 2 amide bonds. The smallest absolute Gasteiger partial charge is 0.253 e. The van der Waals surface area contributed by atoms with E-state index in [0.717, 1.165) is 0 Å². The highest BCUT2D eigenvalue weighted by atomic mass is 35.5. The molecule has 0 aromatic heterocycles. The predicted molar refractivity (Wildman–Crippen MR) is 107 cm³/mol. The molecule has 156 valence electrons. The van der Waals surface area contributed by atoms with Crippen LogP contribution in [0.5, 0.6) is 0 Å². The Kier molecular flexibility index (Phi) is 8.23. The van der Waals surface area contributed by atoms with Crippen LogP contribution in [-0.2, 0) is 19.6 Å². The highest BCUT2D eigenvalue weighted by Gasteiger charge is 2.27. The zero-order valence-corrected chi connectivity index (χ0v) is 17.6. The van der Waals surface area contributed by atoms with Gasteiger partial charge in [-0.15, -0.1) is 0 Å². The van der Waals surface area contributed by atoms with E-state index in [-0.39, 0.29) is 23.8 Å². The number of hydrogen-bond donors (Lipinski definition) is 2. The Balaban J connectivity index is 1.92. The first-order valence-electron chi connectivity index (χ1n) is 9.11. The highest BCUT2D eigenvalue weighted by Crippen LogP contribution is 2.15. The summed E-state index contributed by atoms with van der Waals surface area (Å²) in [7, 11) is -3.46. The lowest BCUT2D eigenvalue weighted by atomic mass is 10.0. The molecule has 0 radical (unpaired) electrons. The molecular weight excluding hydrogens is 406 g/mol. The lowest BCUT2D eigenvalue weighted by Gasteiger charge is -2.26. The van der Waals surface area contributed by atoms with Crippen LogP contribution in [0.4, 0.5) is 0 Å². The Morgan fingerprint density at radius 3 is 2.46 bits per heavy atom. The lowest BCUT2D eigenvalue weighted by molar-refractivity contribution is -0.123. The first-order chi connectivity index (χ1) is 13.2. The largest absolute Gasteiger partial charge is 0.379 e. The molecule has 2 rings (SSSR count).